The van der Waals surface area contributed by atoms with Gasteiger partial charge in [0.15, 0.2) is 0 Å². The van der Waals surface area contributed by atoms with Crippen LogP contribution in [0.4, 0.5) is 18.9 Å². The number of rotatable bonds is 11. The van der Waals surface area contributed by atoms with Gasteiger partial charge in [-0.15, -0.1) is 0 Å². The number of nitrogens with zero attached hydrogens (tertiary/aromatic N) is 1. The quantitative estimate of drug-likeness (QED) is 0.197. The molecule has 46 heavy (non-hydrogen) atoms. The molecule has 4 aromatic rings. The maximum atomic E-state index is 15.2. The van der Waals surface area contributed by atoms with Crippen molar-refractivity contribution >= 4 is 21.6 Å². The maximum Gasteiger partial charge on any atom is 0.243 e. The lowest BCUT2D eigenvalue weighted by molar-refractivity contribution is -0.117. The summed E-state index contributed by atoms with van der Waals surface area (Å²) in [4.78, 5) is 13.8. The van der Waals surface area contributed by atoms with Crippen molar-refractivity contribution in [3.05, 3.63) is 131 Å². The third-order valence-electron chi connectivity index (χ3n) is 8.35. The minimum Gasteiger partial charge on any atom is -0.324 e. The maximum absolute atomic E-state index is 15.2. The Morgan fingerprint density at radius 1 is 0.913 bits per heavy atom. The van der Waals surface area contributed by atoms with Crippen LogP contribution in [0, 0.1) is 17.5 Å². The molecule has 4 N–H and O–H groups in total. The second kappa shape index (κ2) is 14.6. The third kappa shape index (κ3) is 7.50. The van der Waals surface area contributed by atoms with Gasteiger partial charge in [-0.1, -0.05) is 48.5 Å². The molecule has 242 valence electrons. The number of hydrogen-bond donors (Lipinski definition) is 3. The van der Waals surface area contributed by atoms with Crippen molar-refractivity contribution in [2.45, 2.75) is 55.1 Å². The number of anilines is 1. The summed E-state index contributed by atoms with van der Waals surface area (Å²) in [6.07, 6.45) is 1.11. The molecule has 0 radical (unpaired) electrons. The zero-order valence-electron chi connectivity index (χ0n) is 25.4. The number of sulfonamides is 1. The van der Waals surface area contributed by atoms with Gasteiger partial charge in [0.1, 0.15) is 17.5 Å². The molecule has 1 aliphatic heterocycles. The summed E-state index contributed by atoms with van der Waals surface area (Å²) in [5.74, 6) is -3.13. The van der Waals surface area contributed by atoms with Crippen LogP contribution in [0.3, 0.4) is 0 Å². The van der Waals surface area contributed by atoms with Crippen molar-refractivity contribution in [2.75, 3.05) is 18.4 Å². The Morgan fingerprint density at radius 2 is 1.54 bits per heavy atom. The molecule has 0 aliphatic carbocycles. The average Bonchev–Trinajstić information content (AvgIpc) is 3.03. The van der Waals surface area contributed by atoms with E-state index in [4.69, 9.17) is 5.73 Å². The van der Waals surface area contributed by atoms with Gasteiger partial charge in [-0.2, -0.15) is 4.31 Å². The molecule has 1 saturated heterocycles. The zero-order valence-corrected chi connectivity index (χ0v) is 26.2. The number of benzene rings is 4. The highest BCUT2D eigenvalue weighted by atomic mass is 32.2. The fourth-order valence-corrected chi connectivity index (χ4v) is 8.06. The van der Waals surface area contributed by atoms with Crippen LogP contribution in [0.2, 0.25) is 0 Å². The second-order valence-electron chi connectivity index (χ2n) is 11.6. The van der Waals surface area contributed by atoms with Crippen LogP contribution in [0.1, 0.15) is 42.4 Å². The van der Waals surface area contributed by atoms with E-state index in [-0.39, 0.29) is 34.7 Å². The molecular formula is C35H37F3N4O3S. The molecular weight excluding hydrogens is 613 g/mol. The van der Waals surface area contributed by atoms with Crippen LogP contribution >= 0.6 is 0 Å². The number of halogens is 3. The van der Waals surface area contributed by atoms with Crippen molar-refractivity contribution in [1.82, 2.24) is 9.62 Å². The van der Waals surface area contributed by atoms with Crippen LogP contribution in [0.5, 0.6) is 0 Å². The molecule has 0 aromatic heterocycles. The van der Waals surface area contributed by atoms with Crippen molar-refractivity contribution < 1.29 is 26.4 Å². The summed E-state index contributed by atoms with van der Waals surface area (Å²) >= 11 is 0. The van der Waals surface area contributed by atoms with Gasteiger partial charge in [-0.25, -0.2) is 21.6 Å². The van der Waals surface area contributed by atoms with Crippen LogP contribution in [-0.4, -0.2) is 49.8 Å². The molecule has 5 rings (SSSR count). The Labute approximate surface area is 267 Å². The number of hydrogen-bond acceptors (Lipinski definition) is 5. The number of nitrogens with one attached hydrogen (secondary N) is 2. The molecule has 1 fully saturated rings. The first-order valence-electron chi connectivity index (χ1n) is 15.2. The molecule has 0 unspecified atom stereocenters. The zero-order chi connectivity index (χ0) is 32.8. The standard InChI is InChI=1S/C35H37F3N4O3S/c1-23-21-40-22-28(42(23)46(44,45)29-14-3-2-4-15-29)13-7-16-30-31(38)17-8-18-32(30)41-35(43)34(39)33(24-9-5-11-26(36)19-24)25-10-6-12-27(37)20-25/h2-6,8-12,14-15,17-20,23,28,33-34,40H,7,13,16,21-22,39H2,1H3,(H,41,43)/t23-,28+,34+/m1/s1. The van der Waals surface area contributed by atoms with Crippen LogP contribution in [0.15, 0.2) is 102 Å². The van der Waals surface area contributed by atoms with Gasteiger partial charge in [0.05, 0.1) is 10.9 Å². The topological polar surface area (TPSA) is 105 Å². The smallest absolute Gasteiger partial charge is 0.243 e. The van der Waals surface area contributed by atoms with E-state index in [1.165, 1.54) is 48.5 Å². The molecule has 1 heterocycles. The highest BCUT2D eigenvalue weighted by molar-refractivity contribution is 7.89. The Balaban J connectivity index is 1.33. The van der Waals surface area contributed by atoms with Gasteiger partial charge < -0.3 is 16.4 Å². The second-order valence-corrected chi connectivity index (χ2v) is 13.4. The number of carbonyl (C=O) groups is 1. The molecule has 3 atom stereocenters. The monoisotopic (exact) mass is 650 g/mol. The lowest BCUT2D eigenvalue weighted by Gasteiger charge is -2.40. The van der Waals surface area contributed by atoms with Gasteiger partial charge >= 0.3 is 0 Å². The minimum absolute atomic E-state index is 0.221. The largest absolute Gasteiger partial charge is 0.324 e. The first-order chi connectivity index (χ1) is 22.1. The lowest BCUT2D eigenvalue weighted by atomic mass is 9.84. The first kappa shape index (κ1) is 33.3. The van der Waals surface area contributed by atoms with Crippen molar-refractivity contribution in [1.29, 1.82) is 0 Å². The Bertz CT molecular complexity index is 1730. The van der Waals surface area contributed by atoms with E-state index in [0.29, 0.717) is 37.1 Å². The predicted octanol–water partition coefficient (Wildman–Crippen LogP) is 5.58. The SMILES string of the molecule is C[C@@H]1CNC[C@H](CCCc2c(F)cccc2NC(=O)[C@@H](N)C(c2cccc(F)c2)c2cccc(F)c2)N1S(=O)(=O)c1ccccc1. The van der Waals surface area contributed by atoms with E-state index in [2.05, 4.69) is 10.6 Å². The summed E-state index contributed by atoms with van der Waals surface area (Å²) in [7, 11) is -3.76. The van der Waals surface area contributed by atoms with Crippen LogP contribution in [-0.2, 0) is 21.2 Å². The summed E-state index contributed by atoms with van der Waals surface area (Å²) in [5, 5.41) is 6.03. The molecule has 0 spiro atoms. The van der Waals surface area contributed by atoms with E-state index in [1.807, 2.05) is 6.92 Å². The van der Waals surface area contributed by atoms with Crippen molar-refractivity contribution in [2.24, 2.45) is 5.73 Å². The third-order valence-corrected chi connectivity index (χ3v) is 10.4. The van der Waals surface area contributed by atoms with Gasteiger partial charge in [0.2, 0.25) is 15.9 Å². The van der Waals surface area contributed by atoms with Gasteiger partial charge in [-0.05, 0) is 85.8 Å². The number of nitrogens with two attached hydrogens (primary N) is 1. The lowest BCUT2D eigenvalue weighted by Crippen LogP contribution is -2.58. The summed E-state index contributed by atoms with van der Waals surface area (Å²) in [6.45, 7) is 2.82. The van der Waals surface area contributed by atoms with Gasteiger partial charge in [0, 0.05) is 42.3 Å². The Morgan fingerprint density at radius 3 is 2.17 bits per heavy atom. The normalized spacial score (nSPS) is 18.0. The fourth-order valence-electron chi connectivity index (χ4n) is 6.19. The van der Waals surface area contributed by atoms with E-state index < -0.39 is 45.3 Å². The highest BCUT2D eigenvalue weighted by Crippen LogP contribution is 2.31. The Kier molecular flexibility index (Phi) is 10.6. The number of amides is 1. The number of piperazine rings is 1. The molecule has 0 saturated carbocycles. The minimum atomic E-state index is -3.76. The molecule has 1 amide bonds. The van der Waals surface area contributed by atoms with Crippen LogP contribution in [0.25, 0.3) is 0 Å². The first-order valence-corrected chi connectivity index (χ1v) is 16.6. The summed E-state index contributed by atoms with van der Waals surface area (Å²) < 4.78 is 72.3. The Hall–Kier alpha value is -4.03. The van der Waals surface area contributed by atoms with E-state index in [0.717, 1.165) is 0 Å². The molecule has 4 aromatic carbocycles. The van der Waals surface area contributed by atoms with Crippen molar-refractivity contribution in [3.8, 4) is 0 Å². The fraction of sp³-hybridized carbons (Fsp3) is 0.286. The van der Waals surface area contributed by atoms with Gasteiger partial charge in [0.25, 0.3) is 0 Å². The van der Waals surface area contributed by atoms with Crippen LogP contribution < -0.4 is 16.4 Å². The predicted molar refractivity (Wildman–Crippen MR) is 172 cm³/mol. The molecule has 7 nitrogen and oxygen atoms in total. The van der Waals surface area contributed by atoms with Crippen molar-refractivity contribution in [3.63, 3.8) is 0 Å². The van der Waals surface area contributed by atoms with E-state index >= 15 is 4.39 Å². The average molecular weight is 651 g/mol. The highest BCUT2D eigenvalue weighted by Gasteiger charge is 2.37. The molecule has 11 heteroatoms. The van der Waals surface area contributed by atoms with E-state index in [9.17, 15) is 22.0 Å². The molecule has 0 bridgehead atoms. The summed E-state index contributed by atoms with van der Waals surface area (Å²) in [5.41, 5.74) is 7.71. The molecule has 1 aliphatic rings. The van der Waals surface area contributed by atoms with E-state index in [1.54, 1.807) is 52.8 Å². The summed E-state index contributed by atoms with van der Waals surface area (Å²) in [6, 6.07) is 21.9. The van der Waals surface area contributed by atoms with Gasteiger partial charge in [-0.3, -0.25) is 4.79 Å². The number of carbonyl (C=O) groups excluding carboxylic acids is 1.